The highest BCUT2D eigenvalue weighted by molar-refractivity contribution is 7.17. The first-order valence-corrected chi connectivity index (χ1v) is 12.4. The first-order valence-electron chi connectivity index (χ1n) is 11.1. The normalized spacial score (nSPS) is 15.0. The predicted molar refractivity (Wildman–Crippen MR) is 138 cm³/mol. The van der Waals surface area contributed by atoms with Crippen LogP contribution < -0.4 is 10.1 Å². The summed E-state index contributed by atoms with van der Waals surface area (Å²) in [5.74, 6) is 7.22. The lowest BCUT2D eigenvalue weighted by Gasteiger charge is -2.13. The number of likely N-dealkylation sites (tertiary alicyclic amines) is 1. The van der Waals surface area contributed by atoms with Crippen LogP contribution in [0.5, 0.6) is 5.75 Å². The average molecular weight is 506 g/mol. The smallest absolute Gasteiger partial charge is 0.210 e. The van der Waals surface area contributed by atoms with Gasteiger partial charge in [-0.15, -0.1) is 11.3 Å². The summed E-state index contributed by atoms with van der Waals surface area (Å²) in [6.45, 7) is 0.959. The Kier molecular flexibility index (Phi) is 6.84. The van der Waals surface area contributed by atoms with E-state index in [9.17, 15) is 9.18 Å². The lowest BCUT2D eigenvalue weighted by molar-refractivity contribution is -0.118. The van der Waals surface area contributed by atoms with Gasteiger partial charge in [-0.25, -0.2) is 9.37 Å². The maximum atomic E-state index is 13.4. The molecule has 1 aliphatic heterocycles. The van der Waals surface area contributed by atoms with E-state index in [0.29, 0.717) is 22.3 Å². The number of amides is 1. The SMILES string of the molecule is O=CN1CCC[C@@H]1C#Cc1cc2sccc2c(Nc2ccc(OCc3cccc(F)c3)c(Cl)c2)n1. The van der Waals surface area contributed by atoms with Gasteiger partial charge < -0.3 is 15.0 Å². The zero-order valence-corrected chi connectivity index (χ0v) is 20.2. The Morgan fingerprint density at radius 2 is 2.17 bits per heavy atom. The molecular formula is C27H21ClFN3O2S. The van der Waals surface area contributed by atoms with Gasteiger partial charge in [0.2, 0.25) is 6.41 Å². The minimum absolute atomic E-state index is 0.0662. The van der Waals surface area contributed by atoms with Gasteiger partial charge in [-0.05, 0) is 72.2 Å². The van der Waals surface area contributed by atoms with Crippen LogP contribution in [0.15, 0.2) is 60.0 Å². The number of hydrogen-bond donors (Lipinski definition) is 1. The van der Waals surface area contributed by atoms with E-state index in [-0.39, 0.29) is 18.5 Å². The molecule has 0 spiro atoms. The lowest BCUT2D eigenvalue weighted by Crippen LogP contribution is -2.26. The quantitative estimate of drug-likeness (QED) is 0.244. The van der Waals surface area contributed by atoms with Gasteiger partial charge in [0.25, 0.3) is 0 Å². The molecule has 35 heavy (non-hydrogen) atoms. The molecule has 0 aliphatic carbocycles. The molecule has 1 amide bonds. The van der Waals surface area contributed by atoms with E-state index in [0.717, 1.165) is 47.1 Å². The number of halogens is 2. The number of fused-ring (bicyclic) bond motifs is 1. The fourth-order valence-corrected chi connectivity index (χ4v) is 5.03. The van der Waals surface area contributed by atoms with Gasteiger partial charge in [-0.2, -0.15) is 0 Å². The number of ether oxygens (including phenoxy) is 1. The van der Waals surface area contributed by atoms with Crippen LogP contribution in [0.3, 0.4) is 0 Å². The molecule has 1 aliphatic rings. The molecule has 5 rings (SSSR count). The molecule has 1 atom stereocenters. The van der Waals surface area contributed by atoms with Crippen LogP contribution >= 0.6 is 22.9 Å². The fraction of sp³-hybridized carbons (Fsp3) is 0.185. The number of pyridine rings is 1. The van der Waals surface area contributed by atoms with Crippen molar-refractivity contribution in [3.05, 3.63) is 82.1 Å². The summed E-state index contributed by atoms with van der Waals surface area (Å²) < 4.78 is 20.2. The van der Waals surface area contributed by atoms with E-state index in [4.69, 9.17) is 21.3 Å². The van der Waals surface area contributed by atoms with Crippen molar-refractivity contribution >= 4 is 50.9 Å². The number of carbonyl (C=O) groups excluding carboxylic acids is 1. The second-order valence-corrected chi connectivity index (χ2v) is 9.50. The molecule has 2 aromatic heterocycles. The van der Waals surface area contributed by atoms with Gasteiger partial charge in [0.15, 0.2) is 0 Å². The van der Waals surface area contributed by atoms with Crippen LogP contribution in [0.4, 0.5) is 15.9 Å². The maximum Gasteiger partial charge on any atom is 0.210 e. The number of nitrogens with zero attached hydrogens (tertiary/aromatic N) is 2. The van der Waals surface area contributed by atoms with Crippen molar-refractivity contribution in [1.29, 1.82) is 0 Å². The predicted octanol–water partition coefficient (Wildman–Crippen LogP) is 6.38. The maximum absolute atomic E-state index is 13.4. The number of aromatic nitrogens is 1. The van der Waals surface area contributed by atoms with Gasteiger partial charge in [0.05, 0.1) is 11.1 Å². The summed E-state index contributed by atoms with van der Waals surface area (Å²) >= 11 is 8.07. The number of hydrogen-bond acceptors (Lipinski definition) is 5. The molecule has 1 fully saturated rings. The zero-order valence-electron chi connectivity index (χ0n) is 18.6. The summed E-state index contributed by atoms with van der Waals surface area (Å²) in [5.41, 5.74) is 2.11. The van der Waals surface area contributed by atoms with Gasteiger partial charge in [-0.3, -0.25) is 4.79 Å². The second-order valence-electron chi connectivity index (χ2n) is 8.15. The molecule has 0 unspecified atom stereocenters. The number of thiophene rings is 1. The van der Waals surface area contributed by atoms with E-state index in [1.807, 2.05) is 23.6 Å². The van der Waals surface area contributed by atoms with Crippen molar-refractivity contribution in [2.24, 2.45) is 0 Å². The summed E-state index contributed by atoms with van der Waals surface area (Å²) in [5, 5.41) is 6.77. The Balaban J connectivity index is 1.35. The summed E-state index contributed by atoms with van der Waals surface area (Å²) in [6.07, 6.45) is 2.71. The Bertz CT molecular complexity index is 1450. The number of benzene rings is 2. The molecule has 0 radical (unpaired) electrons. The molecule has 1 saturated heterocycles. The van der Waals surface area contributed by atoms with Crippen molar-refractivity contribution in [3.8, 4) is 17.6 Å². The summed E-state index contributed by atoms with van der Waals surface area (Å²) in [7, 11) is 0. The van der Waals surface area contributed by atoms with Crippen molar-refractivity contribution < 1.29 is 13.9 Å². The molecule has 1 N–H and O–H groups in total. The molecular weight excluding hydrogens is 485 g/mol. The monoisotopic (exact) mass is 505 g/mol. The Hall–Kier alpha value is -3.60. The minimum atomic E-state index is -0.305. The Morgan fingerprint density at radius 3 is 3.00 bits per heavy atom. The van der Waals surface area contributed by atoms with E-state index in [1.165, 1.54) is 12.1 Å². The lowest BCUT2D eigenvalue weighted by atomic mass is 10.2. The van der Waals surface area contributed by atoms with Crippen molar-refractivity contribution in [2.45, 2.75) is 25.5 Å². The minimum Gasteiger partial charge on any atom is -0.487 e. The molecule has 8 heteroatoms. The average Bonchev–Trinajstić information content (AvgIpc) is 3.51. The Labute approximate surface area is 211 Å². The highest BCUT2D eigenvalue weighted by atomic mass is 35.5. The number of carbonyl (C=O) groups is 1. The Morgan fingerprint density at radius 1 is 1.26 bits per heavy atom. The zero-order chi connectivity index (χ0) is 24.2. The van der Waals surface area contributed by atoms with Crippen LogP contribution in [0, 0.1) is 17.7 Å². The van der Waals surface area contributed by atoms with Gasteiger partial charge >= 0.3 is 0 Å². The largest absolute Gasteiger partial charge is 0.487 e. The van der Waals surface area contributed by atoms with Crippen molar-refractivity contribution in [2.75, 3.05) is 11.9 Å². The van der Waals surface area contributed by atoms with Crippen molar-refractivity contribution in [3.63, 3.8) is 0 Å². The fourth-order valence-electron chi connectivity index (χ4n) is 3.97. The van der Waals surface area contributed by atoms with Gasteiger partial charge in [0, 0.05) is 22.3 Å². The topological polar surface area (TPSA) is 54.5 Å². The third-order valence-electron chi connectivity index (χ3n) is 5.72. The summed E-state index contributed by atoms with van der Waals surface area (Å²) in [4.78, 5) is 17.7. The van der Waals surface area contributed by atoms with Crippen molar-refractivity contribution in [1.82, 2.24) is 9.88 Å². The number of rotatable bonds is 6. The van der Waals surface area contributed by atoms with Crippen LogP contribution in [0.25, 0.3) is 10.1 Å². The number of anilines is 2. The molecule has 2 aromatic carbocycles. The molecule has 176 valence electrons. The first kappa shape index (κ1) is 23.2. The first-order chi connectivity index (χ1) is 17.1. The summed E-state index contributed by atoms with van der Waals surface area (Å²) in [6, 6.07) is 15.6. The van der Waals surface area contributed by atoms with Crippen LogP contribution in [-0.4, -0.2) is 28.9 Å². The van der Waals surface area contributed by atoms with E-state index >= 15 is 0 Å². The molecule has 5 nitrogen and oxygen atoms in total. The van der Waals surface area contributed by atoms with Gasteiger partial charge in [-0.1, -0.05) is 29.7 Å². The highest BCUT2D eigenvalue weighted by Crippen LogP contribution is 2.33. The van der Waals surface area contributed by atoms with E-state index in [1.54, 1.807) is 40.5 Å². The van der Waals surface area contributed by atoms with Crippen LogP contribution in [0.1, 0.15) is 24.1 Å². The standard InChI is InChI=1S/C27H21ClFN3O2S/c28-24-14-20(7-9-25(24)34-16-18-3-1-4-19(29)13-18)30-27-23-10-12-35-26(23)15-21(31-27)6-8-22-5-2-11-32(22)17-33/h1,3-4,7,9-10,12-15,17,22H,2,5,11,16H2,(H,30,31)/t22-/m1/s1. The number of nitrogens with one attached hydrogen (secondary N) is 1. The molecule has 3 heterocycles. The van der Waals surface area contributed by atoms with E-state index in [2.05, 4.69) is 17.2 Å². The highest BCUT2D eigenvalue weighted by Gasteiger charge is 2.20. The molecule has 0 saturated carbocycles. The third kappa shape index (κ3) is 5.40. The molecule has 4 aromatic rings. The van der Waals surface area contributed by atoms with Crippen LogP contribution in [-0.2, 0) is 11.4 Å². The second kappa shape index (κ2) is 10.3. The van der Waals surface area contributed by atoms with E-state index < -0.39 is 0 Å². The van der Waals surface area contributed by atoms with Gasteiger partial charge in [0.1, 0.15) is 29.7 Å². The third-order valence-corrected chi connectivity index (χ3v) is 6.88. The van der Waals surface area contributed by atoms with Crippen LogP contribution in [0.2, 0.25) is 5.02 Å². The molecule has 0 bridgehead atoms.